The van der Waals surface area contributed by atoms with E-state index >= 15 is 0 Å². The predicted molar refractivity (Wildman–Crippen MR) is 79.5 cm³/mol. The highest BCUT2D eigenvalue weighted by atomic mass is 16.6. The first kappa shape index (κ1) is 18.9. The second-order valence-corrected chi connectivity index (χ2v) is 6.86. The number of hydrogen-bond acceptors (Lipinski definition) is 3. The van der Waals surface area contributed by atoms with E-state index in [1.807, 2.05) is 0 Å². The molecule has 0 fully saturated rings. The van der Waals surface area contributed by atoms with Gasteiger partial charge in [-0.2, -0.15) is 0 Å². The van der Waals surface area contributed by atoms with Crippen LogP contribution in [0.5, 0.6) is 0 Å². The second kappa shape index (κ2) is 8.98. The SMILES string of the molecule is CC(C)CCCCCC(CC(=O)OC(C)(C)C)C(=O)O. The molecule has 0 saturated heterocycles. The van der Waals surface area contributed by atoms with Gasteiger partial charge in [0.25, 0.3) is 0 Å². The van der Waals surface area contributed by atoms with E-state index in [0.717, 1.165) is 19.3 Å². The number of unbranched alkanes of at least 4 members (excludes halogenated alkanes) is 2. The summed E-state index contributed by atoms with van der Waals surface area (Å²) in [6, 6.07) is 0. The van der Waals surface area contributed by atoms with E-state index in [1.54, 1.807) is 20.8 Å². The molecule has 1 unspecified atom stereocenters. The molecular weight excluding hydrogens is 256 g/mol. The topological polar surface area (TPSA) is 63.6 Å². The molecule has 0 aliphatic rings. The molecule has 0 aliphatic carbocycles. The van der Waals surface area contributed by atoms with Gasteiger partial charge in [-0.25, -0.2) is 0 Å². The Kier molecular flexibility index (Phi) is 8.51. The second-order valence-electron chi connectivity index (χ2n) is 6.86. The van der Waals surface area contributed by atoms with Crippen LogP contribution in [0.4, 0.5) is 0 Å². The summed E-state index contributed by atoms with van der Waals surface area (Å²) >= 11 is 0. The average molecular weight is 286 g/mol. The van der Waals surface area contributed by atoms with Gasteiger partial charge in [-0.3, -0.25) is 9.59 Å². The summed E-state index contributed by atoms with van der Waals surface area (Å²) in [7, 11) is 0. The lowest BCUT2D eigenvalue weighted by Gasteiger charge is -2.21. The van der Waals surface area contributed by atoms with Crippen molar-refractivity contribution in [2.45, 2.75) is 78.7 Å². The monoisotopic (exact) mass is 286 g/mol. The first-order chi connectivity index (χ1) is 9.11. The third-order valence-corrected chi connectivity index (χ3v) is 3.02. The standard InChI is InChI=1S/C16H30O4/c1-12(2)9-7-6-8-10-13(15(18)19)11-14(17)20-16(3,4)5/h12-13H,6-11H2,1-5H3,(H,18,19). The fourth-order valence-corrected chi connectivity index (χ4v) is 2.02. The molecule has 4 nitrogen and oxygen atoms in total. The number of carboxylic acids is 1. The van der Waals surface area contributed by atoms with Gasteiger partial charge in [0.15, 0.2) is 0 Å². The van der Waals surface area contributed by atoms with Gasteiger partial charge in [-0.1, -0.05) is 39.5 Å². The van der Waals surface area contributed by atoms with Gasteiger partial charge in [0.1, 0.15) is 5.60 Å². The van der Waals surface area contributed by atoms with E-state index in [0.29, 0.717) is 12.3 Å². The minimum absolute atomic E-state index is 0.0310. The minimum atomic E-state index is -0.903. The van der Waals surface area contributed by atoms with E-state index in [4.69, 9.17) is 9.84 Å². The zero-order valence-corrected chi connectivity index (χ0v) is 13.6. The van der Waals surface area contributed by atoms with Gasteiger partial charge in [-0.05, 0) is 33.1 Å². The molecule has 0 aliphatic heterocycles. The highest BCUT2D eigenvalue weighted by Gasteiger charge is 2.24. The zero-order valence-electron chi connectivity index (χ0n) is 13.6. The normalized spacial score (nSPS) is 13.3. The first-order valence-electron chi connectivity index (χ1n) is 7.56. The summed E-state index contributed by atoms with van der Waals surface area (Å²) in [5.41, 5.74) is -0.558. The molecule has 1 N–H and O–H groups in total. The van der Waals surface area contributed by atoms with E-state index < -0.39 is 23.5 Å². The van der Waals surface area contributed by atoms with E-state index in [2.05, 4.69) is 13.8 Å². The molecule has 0 bridgehead atoms. The third kappa shape index (κ3) is 10.8. The number of carbonyl (C=O) groups is 2. The number of rotatable bonds is 9. The number of ether oxygens (including phenoxy) is 1. The molecule has 118 valence electrons. The summed E-state index contributed by atoms with van der Waals surface area (Å²) in [5.74, 6) is -1.26. The number of esters is 1. The van der Waals surface area contributed by atoms with Crippen LogP contribution in [0.25, 0.3) is 0 Å². The summed E-state index contributed by atoms with van der Waals surface area (Å²) in [6.07, 6.45) is 4.69. The van der Waals surface area contributed by atoms with Crippen molar-refractivity contribution < 1.29 is 19.4 Å². The fourth-order valence-electron chi connectivity index (χ4n) is 2.02. The molecule has 0 saturated carbocycles. The lowest BCUT2D eigenvalue weighted by atomic mass is 9.96. The lowest BCUT2D eigenvalue weighted by molar-refractivity contribution is -0.160. The van der Waals surface area contributed by atoms with Crippen molar-refractivity contribution >= 4 is 11.9 Å². The molecular formula is C16H30O4. The Balaban J connectivity index is 4.05. The Morgan fingerprint density at radius 3 is 2.05 bits per heavy atom. The smallest absolute Gasteiger partial charge is 0.307 e. The molecule has 0 amide bonds. The van der Waals surface area contributed by atoms with E-state index in [9.17, 15) is 9.59 Å². The Morgan fingerprint density at radius 1 is 1.05 bits per heavy atom. The van der Waals surface area contributed by atoms with Crippen LogP contribution in [0.1, 0.15) is 73.1 Å². The van der Waals surface area contributed by atoms with Crippen molar-refractivity contribution in [3.05, 3.63) is 0 Å². The Hall–Kier alpha value is -1.06. The molecule has 1 atom stereocenters. The molecule has 0 aromatic heterocycles. The Bertz CT molecular complexity index is 302. The van der Waals surface area contributed by atoms with Crippen LogP contribution < -0.4 is 0 Å². The molecule has 20 heavy (non-hydrogen) atoms. The third-order valence-electron chi connectivity index (χ3n) is 3.02. The van der Waals surface area contributed by atoms with E-state index in [1.165, 1.54) is 6.42 Å². The van der Waals surface area contributed by atoms with Crippen LogP contribution in [0.15, 0.2) is 0 Å². The Morgan fingerprint density at radius 2 is 1.60 bits per heavy atom. The largest absolute Gasteiger partial charge is 0.481 e. The zero-order chi connectivity index (χ0) is 15.8. The highest BCUT2D eigenvalue weighted by Crippen LogP contribution is 2.18. The fraction of sp³-hybridized carbons (Fsp3) is 0.875. The number of carboxylic acid groups (broad SMARTS) is 1. The maximum Gasteiger partial charge on any atom is 0.307 e. The van der Waals surface area contributed by atoms with Crippen molar-refractivity contribution in [3.8, 4) is 0 Å². The Labute approximate surface area is 122 Å². The summed E-state index contributed by atoms with van der Waals surface area (Å²) < 4.78 is 5.18. The van der Waals surface area contributed by atoms with E-state index in [-0.39, 0.29) is 6.42 Å². The lowest BCUT2D eigenvalue weighted by Crippen LogP contribution is -2.27. The number of aliphatic carboxylic acids is 1. The van der Waals surface area contributed by atoms with Crippen LogP contribution in [-0.4, -0.2) is 22.6 Å². The van der Waals surface area contributed by atoms with Crippen molar-refractivity contribution in [1.82, 2.24) is 0 Å². The van der Waals surface area contributed by atoms with Crippen molar-refractivity contribution in [3.63, 3.8) is 0 Å². The molecule has 0 aromatic rings. The van der Waals surface area contributed by atoms with Gasteiger partial charge < -0.3 is 9.84 Å². The molecule has 0 spiro atoms. The van der Waals surface area contributed by atoms with Gasteiger partial charge in [-0.15, -0.1) is 0 Å². The highest BCUT2D eigenvalue weighted by molar-refractivity contribution is 5.78. The quantitative estimate of drug-likeness (QED) is 0.513. The van der Waals surface area contributed by atoms with Crippen molar-refractivity contribution in [2.24, 2.45) is 11.8 Å². The summed E-state index contributed by atoms with van der Waals surface area (Å²) in [6.45, 7) is 9.72. The maximum absolute atomic E-state index is 11.7. The minimum Gasteiger partial charge on any atom is -0.481 e. The van der Waals surface area contributed by atoms with Gasteiger partial charge >= 0.3 is 11.9 Å². The predicted octanol–water partition coefficient (Wildman–Crippen LogP) is 4.03. The summed E-state index contributed by atoms with van der Waals surface area (Å²) in [4.78, 5) is 22.8. The molecule has 0 heterocycles. The molecule has 0 aromatic carbocycles. The van der Waals surface area contributed by atoms with Crippen LogP contribution in [0, 0.1) is 11.8 Å². The summed E-state index contributed by atoms with van der Waals surface area (Å²) in [5, 5.41) is 9.16. The molecule has 0 rings (SSSR count). The van der Waals surface area contributed by atoms with Crippen LogP contribution in [0.2, 0.25) is 0 Å². The molecule has 4 heteroatoms. The van der Waals surface area contributed by atoms with Gasteiger partial charge in [0, 0.05) is 0 Å². The van der Waals surface area contributed by atoms with Gasteiger partial charge in [0.05, 0.1) is 12.3 Å². The average Bonchev–Trinajstić information content (AvgIpc) is 2.23. The number of carbonyl (C=O) groups excluding carboxylic acids is 1. The number of hydrogen-bond donors (Lipinski definition) is 1. The van der Waals surface area contributed by atoms with Crippen LogP contribution >= 0.6 is 0 Å². The van der Waals surface area contributed by atoms with Crippen molar-refractivity contribution in [1.29, 1.82) is 0 Å². The van der Waals surface area contributed by atoms with Crippen LogP contribution in [-0.2, 0) is 14.3 Å². The van der Waals surface area contributed by atoms with Gasteiger partial charge in [0.2, 0.25) is 0 Å². The first-order valence-corrected chi connectivity index (χ1v) is 7.56. The molecule has 0 radical (unpaired) electrons. The van der Waals surface area contributed by atoms with Crippen LogP contribution in [0.3, 0.4) is 0 Å². The van der Waals surface area contributed by atoms with Crippen molar-refractivity contribution in [2.75, 3.05) is 0 Å². The maximum atomic E-state index is 11.7.